The van der Waals surface area contributed by atoms with E-state index in [4.69, 9.17) is 4.84 Å². The van der Waals surface area contributed by atoms with E-state index >= 15 is 0 Å². The molecule has 0 aliphatic carbocycles. The molecular formula is C17H11F3N2O3. The summed E-state index contributed by atoms with van der Waals surface area (Å²) in [5.74, 6) is -3.23. The second-order valence-electron chi connectivity index (χ2n) is 5.12. The molecule has 5 nitrogen and oxygen atoms in total. The zero-order valence-electron chi connectivity index (χ0n) is 12.8. The van der Waals surface area contributed by atoms with Crippen LogP contribution in [0.2, 0.25) is 0 Å². The van der Waals surface area contributed by atoms with Gasteiger partial charge in [-0.15, -0.1) is 4.73 Å². The lowest BCUT2D eigenvalue weighted by Crippen LogP contribution is -2.32. The maximum absolute atomic E-state index is 13.7. The quantitative estimate of drug-likeness (QED) is 0.792. The predicted molar refractivity (Wildman–Crippen MR) is 85.0 cm³/mol. The van der Waals surface area contributed by atoms with Crippen molar-refractivity contribution in [3.05, 3.63) is 76.0 Å². The number of rotatable bonds is 3. The van der Waals surface area contributed by atoms with Gasteiger partial charge in [0.15, 0.2) is 0 Å². The highest BCUT2D eigenvalue weighted by molar-refractivity contribution is 6.05. The molecule has 1 N–H and O–H groups in total. The van der Waals surface area contributed by atoms with Crippen LogP contribution in [0.1, 0.15) is 10.5 Å². The van der Waals surface area contributed by atoms with E-state index in [9.17, 15) is 22.8 Å². The van der Waals surface area contributed by atoms with Crippen molar-refractivity contribution in [3.63, 3.8) is 0 Å². The summed E-state index contributed by atoms with van der Waals surface area (Å²) in [4.78, 5) is 29.7. The van der Waals surface area contributed by atoms with Crippen molar-refractivity contribution in [1.82, 2.24) is 4.73 Å². The topological polar surface area (TPSA) is 60.3 Å². The highest BCUT2D eigenvalue weighted by Crippen LogP contribution is 2.18. The summed E-state index contributed by atoms with van der Waals surface area (Å²) in [6.45, 7) is 0. The van der Waals surface area contributed by atoms with Crippen LogP contribution in [0.15, 0.2) is 47.3 Å². The lowest BCUT2D eigenvalue weighted by atomic mass is 10.1. The van der Waals surface area contributed by atoms with Crippen LogP contribution >= 0.6 is 0 Å². The molecule has 0 aliphatic heterocycles. The highest BCUT2D eigenvalue weighted by Gasteiger charge is 2.18. The first kappa shape index (κ1) is 16.6. The molecule has 0 spiro atoms. The number of hydrogen-bond donors (Lipinski definition) is 1. The first-order valence-corrected chi connectivity index (χ1v) is 7.07. The van der Waals surface area contributed by atoms with E-state index in [0.29, 0.717) is 16.2 Å². The van der Waals surface area contributed by atoms with Crippen molar-refractivity contribution in [2.24, 2.45) is 0 Å². The van der Waals surface area contributed by atoms with Crippen LogP contribution in [-0.4, -0.2) is 17.7 Å². The Balaban J connectivity index is 2.09. The third-order valence-electron chi connectivity index (χ3n) is 3.54. The largest absolute Gasteiger partial charge is 0.413 e. The van der Waals surface area contributed by atoms with E-state index in [0.717, 1.165) is 31.4 Å². The van der Waals surface area contributed by atoms with Gasteiger partial charge in [-0.1, -0.05) is 6.07 Å². The molecule has 0 atom stereocenters. The number of amides is 1. The molecule has 0 saturated heterocycles. The Bertz CT molecular complexity index is 1050. The van der Waals surface area contributed by atoms with Crippen molar-refractivity contribution in [2.45, 2.75) is 0 Å². The number of pyridine rings is 1. The number of nitrogens with zero attached hydrogens (tertiary/aromatic N) is 1. The summed E-state index contributed by atoms with van der Waals surface area (Å²) in [6, 6.07) is 7.44. The fraction of sp³-hybridized carbons (Fsp3) is 0.0588. The molecule has 0 saturated carbocycles. The second-order valence-corrected chi connectivity index (χ2v) is 5.12. The Morgan fingerprint density at radius 1 is 1.04 bits per heavy atom. The molecule has 128 valence electrons. The Labute approximate surface area is 139 Å². The van der Waals surface area contributed by atoms with Gasteiger partial charge in [-0.2, -0.15) is 0 Å². The third kappa shape index (κ3) is 3.06. The Hall–Kier alpha value is -3.29. The minimum Gasteiger partial charge on any atom is -0.413 e. The summed E-state index contributed by atoms with van der Waals surface area (Å²) in [5.41, 5.74) is -1.24. The fourth-order valence-corrected chi connectivity index (χ4v) is 2.38. The van der Waals surface area contributed by atoms with Crippen molar-refractivity contribution < 1.29 is 22.8 Å². The number of hydrogen-bond acceptors (Lipinski definition) is 3. The number of anilines is 1. The fourth-order valence-electron chi connectivity index (χ4n) is 2.38. The molecule has 0 bridgehead atoms. The molecule has 2 aromatic carbocycles. The highest BCUT2D eigenvalue weighted by atomic mass is 19.1. The number of fused-ring (bicyclic) bond motifs is 1. The first-order valence-electron chi connectivity index (χ1n) is 7.07. The van der Waals surface area contributed by atoms with Crippen LogP contribution in [-0.2, 0) is 0 Å². The van der Waals surface area contributed by atoms with E-state index in [-0.39, 0.29) is 16.8 Å². The van der Waals surface area contributed by atoms with Gasteiger partial charge in [0.05, 0.1) is 11.1 Å². The normalized spacial score (nSPS) is 10.7. The van der Waals surface area contributed by atoms with Crippen LogP contribution in [0.5, 0.6) is 0 Å². The van der Waals surface area contributed by atoms with Gasteiger partial charge in [0, 0.05) is 6.07 Å². The molecule has 1 aromatic heterocycles. The Kier molecular flexibility index (Phi) is 4.18. The van der Waals surface area contributed by atoms with Crippen molar-refractivity contribution in [1.29, 1.82) is 0 Å². The molecule has 25 heavy (non-hydrogen) atoms. The zero-order valence-corrected chi connectivity index (χ0v) is 12.8. The molecule has 3 aromatic rings. The van der Waals surface area contributed by atoms with Gasteiger partial charge < -0.3 is 10.2 Å². The van der Waals surface area contributed by atoms with Crippen molar-refractivity contribution >= 4 is 22.4 Å². The van der Waals surface area contributed by atoms with Crippen molar-refractivity contribution in [3.8, 4) is 0 Å². The van der Waals surface area contributed by atoms with Crippen LogP contribution in [0.4, 0.5) is 18.9 Å². The number of nitrogens with one attached hydrogen (secondary N) is 1. The van der Waals surface area contributed by atoms with E-state index < -0.39 is 28.9 Å². The van der Waals surface area contributed by atoms with Gasteiger partial charge in [0.25, 0.3) is 11.5 Å². The molecule has 1 amide bonds. The molecular weight excluding hydrogens is 337 g/mol. The lowest BCUT2D eigenvalue weighted by Gasteiger charge is -2.13. The molecule has 0 fully saturated rings. The van der Waals surface area contributed by atoms with Gasteiger partial charge >= 0.3 is 0 Å². The summed E-state index contributed by atoms with van der Waals surface area (Å²) in [6.07, 6.45) is 0. The van der Waals surface area contributed by atoms with Crippen LogP contribution in [0.25, 0.3) is 10.8 Å². The van der Waals surface area contributed by atoms with Gasteiger partial charge in [-0.05, 0) is 35.7 Å². The van der Waals surface area contributed by atoms with E-state index in [1.165, 1.54) is 12.1 Å². The first-order chi connectivity index (χ1) is 11.9. The Morgan fingerprint density at radius 2 is 1.72 bits per heavy atom. The van der Waals surface area contributed by atoms with Gasteiger partial charge in [0.2, 0.25) is 0 Å². The molecule has 3 rings (SSSR count). The molecule has 1 heterocycles. The van der Waals surface area contributed by atoms with E-state index in [1.807, 2.05) is 0 Å². The minimum atomic E-state index is -0.970. The van der Waals surface area contributed by atoms with E-state index in [1.54, 1.807) is 0 Å². The summed E-state index contributed by atoms with van der Waals surface area (Å²) in [7, 11) is 1.15. The average molecular weight is 348 g/mol. The Morgan fingerprint density at radius 3 is 2.40 bits per heavy atom. The minimum absolute atomic E-state index is 0.0198. The average Bonchev–Trinajstić information content (AvgIpc) is 2.57. The maximum Gasteiger partial charge on any atom is 0.291 e. The van der Waals surface area contributed by atoms with Crippen LogP contribution in [0, 0.1) is 17.5 Å². The predicted octanol–water partition coefficient (Wildman–Crippen LogP) is 2.73. The number of halogens is 3. The maximum atomic E-state index is 13.7. The van der Waals surface area contributed by atoms with Crippen molar-refractivity contribution in [2.75, 3.05) is 12.4 Å². The third-order valence-corrected chi connectivity index (χ3v) is 3.54. The van der Waals surface area contributed by atoms with Gasteiger partial charge in [0.1, 0.15) is 30.3 Å². The summed E-state index contributed by atoms with van der Waals surface area (Å²) in [5, 5.41) is 2.57. The standard InChI is InChI=1S/C17H11F3N2O3/c1-25-22-15(6-9-2-3-10(18)7-12(9)17(22)24)16(23)21-14-5-4-11(19)8-13(14)20/h2-8H,1H3,(H,21,23). The number of carbonyl (C=O) groups is 1. The van der Waals surface area contributed by atoms with Gasteiger partial charge in [-0.25, -0.2) is 13.2 Å². The summed E-state index contributed by atoms with van der Waals surface area (Å²) >= 11 is 0. The number of aromatic nitrogens is 1. The van der Waals surface area contributed by atoms with Gasteiger partial charge in [-0.3, -0.25) is 9.59 Å². The molecule has 0 radical (unpaired) electrons. The second kappa shape index (κ2) is 6.31. The van der Waals surface area contributed by atoms with Crippen LogP contribution in [0.3, 0.4) is 0 Å². The number of carbonyl (C=O) groups excluding carboxylic acids is 1. The zero-order chi connectivity index (χ0) is 18.1. The summed E-state index contributed by atoms with van der Waals surface area (Å²) < 4.78 is 40.6. The lowest BCUT2D eigenvalue weighted by molar-refractivity contribution is 0.0952. The van der Waals surface area contributed by atoms with E-state index in [2.05, 4.69) is 5.32 Å². The molecule has 8 heteroatoms. The molecule has 0 unspecified atom stereocenters. The SMILES string of the molecule is COn1c(C(=O)Nc2ccc(F)cc2F)cc2ccc(F)cc2c1=O. The monoisotopic (exact) mass is 348 g/mol. The smallest absolute Gasteiger partial charge is 0.291 e. The van der Waals surface area contributed by atoms with Crippen LogP contribution < -0.4 is 15.7 Å². The molecule has 0 aliphatic rings. The number of benzene rings is 2.